The van der Waals surface area contributed by atoms with Crippen LogP contribution in [0.25, 0.3) is 10.8 Å². The molecule has 9 nitrogen and oxygen atoms in total. The third-order valence-corrected chi connectivity index (χ3v) is 6.09. The van der Waals surface area contributed by atoms with E-state index in [4.69, 9.17) is 15.2 Å². The lowest BCUT2D eigenvalue weighted by atomic mass is 10.1. The van der Waals surface area contributed by atoms with E-state index in [1.165, 1.54) is 11.8 Å². The first-order valence-corrected chi connectivity index (χ1v) is 11.4. The molecular weight excluding hydrogens is 448 g/mol. The molecule has 1 aromatic heterocycles. The third kappa shape index (κ3) is 5.34. The van der Waals surface area contributed by atoms with Crippen LogP contribution in [-0.4, -0.2) is 47.4 Å². The van der Waals surface area contributed by atoms with Crippen molar-refractivity contribution in [3.8, 4) is 5.75 Å². The average molecular weight is 477 g/mol. The first-order chi connectivity index (χ1) is 16.9. The number of carbonyl (C=O) groups is 3. The van der Waals surface area contributed by atoms with E-state index in [0.717, 1.165) is 16.3 Å². The molecule has 1 saturated heterocycles. The zero-order valence-electron chi connectivity index (χ0n) is 19.7. The van der Waals surface area contributed by atoms with Crippen molar-refractivity contribution in [3.63, 3.8) is 0 Å². The van der Waals surface area contributed by atoms with Gasteiger partial charge in [0.15, 0.2) is 0 Å². The van der Waals surface area contributed by atoms with Crippen LogP contribution in [0, 0.1) is 0 Å². The Bertz CT molecular complexity index is 1240. The molecule has 0 radical (unpaired) electrons. The zero-order valence-corrected chi connectivity index (χ0v) is 19.7. The number of likely N-dealkylation sites (tertiary alicyclic amines) is 1. The second kappa shape index (κ2) is 10.4. The average Bonchev–Trinajstić information content (AvgIpc) is 3.36. The van der Waals surface area contributed by atoms with E-state index < -0.39 is 24.0 Å². The summed E-state index contributed by atoms with van der Waals surface area (Å²) >= 11 is 0. The smallest absolute Gasteiger partial charge is 0.303 e. The van der Waals surface area contributed by atoms with Gasteiger partial charge in [-0.2, -0.15) is 0 Å². The summed E-state index contributed by atoms with van der Waals surface area (Å²) in [6.45, 7) is 1.97. The second-order valence-electron chi connectivity index (χ2n) is 8.42. The Labute approximate surface area is 203 Å². The normalized spacial score (nSPS) is 16.1. The maximum absolute atomic E-state index is 13.4. The molecular formula is C26H28N4O5. The van der Waals surface area contributed by atoms with Crippen LogP contribution in [0.3, 0.4) is 0 Å². The van der Waals surface area contributed by atoms with Crippen LogP contribution in [0.5, 0.6) is 5.75 Å². The van der Waals surface area contributed by atoms with Gasteiger partial charge in [0.25, 0.3) is 5.91 Å². The molecule has 1 aliphatic rings. The number of benzene rings is 2. The van der Waals surface area contributed by atoms with Crippen LogP contribution in [0.2, 0.25) is 0 Å². The van der Waals surface area contributed by atoms with Gasteiger partial charge in [0, 0.05) is 37.2 Å². The van der Waals surface area contributed by atoms with Gasteiger partial charge < -0.3 is 25.4 Å². The summed E-state index contributed by atoms with van der Waals surface area (Å²) in [4.78, 5) is 43.8. The quantitative estimate of drug-likeness (QED) is 0.503. The maximum atomic E-state index is 13.4. The van der Waals surface area contributed by atoms with Gasteiger partial charge in [0.2, 0.25) is 12.0 Å². The highest BCUT2D eigenvalue weighted by atomic mass is 16.5. The van der Waals surface area contributed by atoms with Gasteiger partial charge in [0.05, 0.1) is 7.11 Å². The minimum absolute atomic E-state index is 0.249. The van der Waals surface area contributed by atoms with Crippen molar-refractivity contribution in [1.82, 2.24) is 15.2 Å². The predicted octanol–water partition coefficient (Wildman–Crippen LogP) is 2.74. The van der Waals surface area contributed by atoms with Crippen LogP contribution in [-0.2, 0) is 25.7 Å². The second-order valence-corrected chi connectivity index (χ2v) is 8.42. The minimum atomic E-state index is -1.13. The van der Waals surface area contributed by atoms with Gasteiger partial charge >= 0.3 is 5.97 Å². The molecule has 1 aliphatic heterocycles. The van der Waals surface area contributed by atoms with Crippen LogP contribution >= 0.6 is 0 Å². The van der Waals surface area contributed by atoms with Crippen molar-refractivity contribution in [2.45, 2.75) is 38.5 Å². The van der Waals surface area contributed by atoms with Gasteiger partial charge in [-0.3, -0.25) is 14.4 Å². The molecule has 0 aliphatic carbocycles. The van der Waals surface area contributed by atoms with Crippen LogP contribution in [0.4, 0.5) is 5.82 Å². The van der Waals surface area contributed by atoms with Gasteiger partial charge in [-0.1, -0.05) is 24.3 Å². The van der Waals surface area contributed by atoms with Crippen LogP contribution < -0.4 is 15.8 Å². The molecule has 1 fully saturated rings. The molecule has 9 heteroatoms. The van der Waals surface area contributed by atoms with E-state index in [1.807, 2.05) is 24.3 Å². The molecule has 3 N–H and O–H groups in total. The molecule has 0 spiro atoms. The fourth-order valence-electron chi connectivity index (χ4n) is 4.33. The molecule has 2 aromatic carbocycles. The van der Waals surface area contributed by atoms with E-state index in [2.05, 4.69) is 10.3 Å². The van der Waals surface area contributed by atoms with Gasteiger partial charge in [-0.05, 0) is 48.1 Å². The number of hydrogen-bond acceptors (Lipinski definition) is 7. The largest absolute Gasteiger partial charge is 0.497 e. The van der Waals surface area contributed by atoms with Crippen LogP contribution in [0.1, 0.15) is 37.0 Å². The van der Waals surface area contributed by atoms with Crippen molar-refractivity contribution in [2.24, 2.45) is 0 Å². The lowest BCUT2D eigenvalue weighted by Crippen LogP contribution is -2.47. The number of esters is 1. The third-order valence-electron chi connectivity index (χ3n) is 6.09. The van der Waals surface area contributed by atoms with E-state index in [-0.39, 0.29) is 5.91 Å². The summed E-state index contributed by atoms with van der Waals surface area (Å²) in [5.74, 6) is -0.170. The summed E-state index contributed by atoms with van der Waals surface area (Å²) < 4.78 is 10.5. The number of nitrogens with zero attached hydrogens (tertiary/aromatic N) is 2. The summed E-state index contributed by atoms with van der Waals surface area (Å²) in [7, 11) is 1.54. The molecule has 2 atom stereocenters. The van der Waals surface area contributed by atoms with Crippen molar-refractivity contribution >= 4 is 34.4 Å². The number of amides is 2. The minimum Gasteiger partial charge on any atom is -0.497 e. The number of rotatable bonds is 7. The molecule has 182 valence electrons. The van der Waals surface area contributed by atoms with Crippen molar-refractivity contribution in [3.05, 3.63) is 65.9 Å². The number of fused-ring (bicyclic) bond motifs is 1. The van der Waals surface area contributed by atoms with Gasteiger partial charge in [-0.25, -0.2) is 4.98 Å². The Morgan fingerprint density at radius 2 is 1.94 bits per heavy atom. The number of ether oxygens (including phenoxy) is 2. The van der Waals surface area contributed by atoms with Crippen molar-refractivity contribution in [2.75, 3.05) is 19.4 Å². The van der Waals surface area contributed by atoms with E-state index in [0.29, 0.717) is 43.1 Å². The zero-order chi connectivity index (χ0) is 24.9. The fourth-order valence-corrected chi connectivity index (χ4v) is 4.33. The Kier molecular flexibility index (Phi) is 7.14. The van der Waals surface area contributed by atoms with E-state index >= 15 is 0 Å². The van der Waals surface area contributed by atoms with Gasteiger partial charge in [0.1, 0.15) is 17.6 Å². The highest BCUT2D eigenvalue weighted by Crippen LogP contribution is 2.28. The number of carbonyl (C=O) groups excluding carboxylic acids is 3. The monoisotopic (exact) mass is 476 g/mol. The Morgan fingerprint density at radius 1 is 1.17 bits per heavy atom. The Hall–Kier alpha value is -4.14. The Morgan fingerprint density at radius 3 is 2.66 bits per heavy atom. The highest BCUT2D eigenvalue weighted by molar-refractivity contribution is 5.92. The topological polar surface area (TPSA) is 124 Å². The number of hydrogen-bond donors (Lipinski definition) is 2. The standard InChI is InChI=1S/C26H28N4O5/c1-16(31)35-23(18-6-8-20(34-2)9-7-18)26(33)30-13-3-4-22(30)25(32)29-15-17-5-10-21-19(14-17)11-12-28-24(21)27/h5-12,14,22-23H,3-4,13,15H2,1-2H3,(H2,27,28)(H,29,32). The van der Waals surface area contributed by atoms with Gasteiger partial charge in [-0.15, -0.1) is 0 Å². The first kappa shape index (κ1) is 24.0. The first-order valence-electron chi connectivity index (χ1n) is 11.4. The molecule has 2 heterocycles. The maximum Gasteiger partial charge on any atom is 0.303 e. The molecule has 0 saturated carbocycles. The molecule has 35 heavy (non-hydrogen) atoms. The molecule has 4 rings (SSSR count). The van der Waals surface area contributed by atoms with E-state index in [9.17, 15) is 14.4 Å². The predicted molar refractivity (Wildman–Crippen MR) is 130 cm³/mol. The van der Waals surface area contributed by atoms with E-state index in [1.54, 1.807) is 37.6 Å². The van der Waals surface area contributed by atoms with Crippen LogP contribution in [0.15, 0.2) is 54.7 Å². The van der Waals surface area contributed by atoms with Crippen molar-refractivity contribution in [1.29, 1.82) is 0 Å². The number of methoxy groups -OCH3 is 1. The Balaban J connectivity index is 1.47. The number of anilines is 1. The fraction of sp³-hybridized carbons (Fsp3) is 0.308. The SMILES string of the molecule is COc1ccc(C(OC(C)=O)C(=O)N2CCCC2C(=O)NCc2ccc3c(N)nccc3c2)cc1. The lowest BCUT2D eigenvalue weighted by molar-refractivity contribution is -0.160. The number of nitrogen functional groups attached to an aromatic ring is 1. The number of pyridine rings is 1. The van der Waals surface area contributed by atoms with Crippen molar-refractivity contribution < 1.29 is 23.9 Å². The molecule has 2 amide bonds. The molecule has 0 bridgehead atoms. The number of nitrogens with one attached hydrogen (secondary N) is 1. The molecule has 2 unspecified atom stereocenters. The molecule has 3 aromatic rings. The number of nitrogens with two attached hydrogens (primary N) is 1. The highest BCUT2D eigenvalue weighted by Gasteiger charge is 2.39. The summed E-state index contributed by atoms with van der Waals surface area (Å²) in [5.41, 5.74) is 7.33. The number of aromatic nitrogens is 1. The summed E-state index contributed by atoms with van der Waals surface area (Å²) in [6.07, 6.45) is 1.73. The summed E-state index contributed by atoms with van der Waals surface area (Å²) in [5, 5.41) is 4.72. The lowest BCUT2D eigenvalue weighted by Gasteiger charge is -2.28. The summed E-state index contributed by atoms with van der Waals surface area (Å²) in [6, 6.07) is 13.7.